The van der Waals surface area contributed by atoms with Gasteiger partial charge in [-0.15, -0.1) is 0 Å². The third kappa shape index (κ3) is 4.09. The van der Waals surface area contributed by atoms with Crippen LogP contribution in [0.25, 0.3) is 0 Å². The SMILES string of the molecule is O=C(O)C1CCC(C(=O)N2CCC3(S(=O)(=O)c4ccc(Cl)cc4)c4ccc(I)cc4CCC23)CC1. The maximum atomic E-state index is 14.4. The zero-order valence-corrected chi connectivity index (χ0v) is 22.9. The van der Waals surface area contributed by atoms with Crippen molar-refractivity contribution in [3.8, 4) is 0 Å². The molecule has 2 aliphatic carbocycles. The van der Waals surface area contributed by atoms with Gasteiger partial charge in [-0.1, -0.05) is 17.7 Å². The number of halogens is 2. The summed E-state index contributed by atoms with van der Waals surface area (Å²) >= 11 is 8.30. The van der Waals surface area contributed by atoms with Crippen LogP contribution in [0.15, 0.2) is 47.4 Å². The Morgan fingerprint density at radius 3 is 2.31 bits per heavy atom. The summed E-state index contributed by atoms with van der Waals surface area (Å²) in [6.07, 6.45) is 3.67. The number of carbonyl (C=O) groups is 2. The number of fused-ring (bicyclic) bond motifs is 3. The predicted octanol–water partition coefficient (Wildman–Crippen LogP) is 5.05. The van der Waals surface area contributed by atoms with E-state index in [2.05, 4.69) is 28.7 Å². The summed E-state index contributed by atoms with van der Waals surface area (Å²) < 4.78 is 28.6. The number of aliphatic carboxylic acids is 1. The van der Waals surface area contributed by atoms with Crippen molar-refractivity contribution < 1.29 is 23.1 Å². The van der Waals surface area contributed by atoms with Crippen LogP contribution in [0.4, 0.5) is 0 Å². The maximum Gasteiger partial charge on any atom is 0.306 e. The molecule has 1 saturated carbocycles. The number of carbonyl (C=O) groups excluding carboxylic acids is 1. The fraction of sp³-hybridized carbons (Fsp3) is 0.462. The van der Waals surface area contributed by atoms with Crippen molar-refractivity contribution in [2.75, 3.05) is 6.54 Å². The molecule has 1 heterocycles. The summed E-state index contributed by atoms with van der Waals surface area (Å²) in [5.74, 6) is -1.48. The lowest BCUT2D eigenvalue weighted by Gasteiger charge is -2.43. The molecule has 186 valence electrons. The smallest absolute Gasteiger partial charge is 0.306 e. The quantitative estimate of drug-likeness (QED) is 0.479. The van der Waals surface area contributed by atoms with Crippen LogP contribution in [0.2, 0.25) is 5.02 Å². The third-order valence-corrected chi connectivity index (χ3v) is 11.6. The second-order valence-electron chi connectivity index (χ2n) is 9.87. The van der Waals surface area contributed by atoms with E-state index in [0.717, 1.165) is 14.7 Å². The van der Waals surface area contributed by atoms with Gasteiger partial charge in [-0.05, 0) is 115 Å². The fourth-order valence-electron chi connectivity index (χ4n) is 6.41. The van der Waals surface area contributed by atoms with Gasteiger partial charge in [-0.2, -0.15) is 0 Å². The number of sulfone groups is 1. The van der Waals surface area contributed by atoms with Gasteiger partial charge in [0.25, 0.3) is 0 Å². The van der Waals surface area contributed by atoms with E-state index in [1.54, 1.807) is 29.2 Å². The molecule has 3 aliphatic rings. The van der Waals surface area contributed by atoms with Crippen LogP contribution in [0, 0.1) is 15.4 Å². The monoisotopic (exact) mass is 627 g/mol. The van der Waals surface area contributed by atoms with Gasteiger partial charge in [0.15, 0.2) is 9.84 Å². The van der Waals surface area contributed by atoms with Crippen LogP contribution in [-0.2, 0) is 30.6 Å². The lowest BCUT2D eigenvalue weighted by Crippen LogP contribution is -2.53. The molecule has 5 rings (SSSR count). The van der Waals surface area contributed by atoms with E-state index in [4.69, 9.17) is 11.6 Å². The molecule has 9 heteroatoms. The number of hydrogen-bond donors (Lipinski definition) is 1. The van der Waals surface area contributed by atoms with Crippen molar-refractivity contribution in [2.24, 2.45) is 11.8 Å². The van der Waals surface area contributed by atoms with Gasteiger partial charge in [0, 0.05) is 21.1 Å². The molecule has 0 radical (unpaired) electrons. The molecular formula is C26H27ClINO5S. The van der Waals surface area contributed by atoms with Crippen molar-refractivity contribution in [1.82, 2.24) is 4.90 Å². The molecule has 2 unspecified atom stereocenters. The number of rotatable bonds is 4. The Morgan fingerprint density at radius 2 is 1.66 bits per heavy atom. The number of carboxylic acids is 1. The summed E-state index contributed by atoms with van der Waals surface area (Å²) in [6, 6.07) is 11.8. The molecule has 2 atom stereocenters. The van der Waals surface area contributed by atoms with Crippen LogP contribution >= 0.6 is 34.2 Å². The molecule has 1 saturated heterocycles. The first kappa shape index (κ1) is 25.0. The van der Waals surface area contributed by atoms with Gasteiger partial charge >= 0.3 is 5.97 Å². The lowest BCUT2D eigenvalue weighted by atomic mass is 9.78. The average molecular weight is 628 g/mol. The summed E-state index contributed by atoms with van der Waals surface area (Å²) in [6.45, 7) is 0.376. The first-order valence-electron chi connectivity index (χ1n) is 12.0. The first-order valence-corrected chi connectivity index (χ1v) is 14.9. The van der Waals surface area contributed by atoms with Gasteiger partial charge in [-0.25, -0.2) is 8.42 Å². The van der Waals surface area contributed by atoms with Crippen molar-refractivity contribution in [3.05, 3.63) is 62.2 Å². The number of nitrogens with zero attached hydrogens (tertiary/aromatic N) is 1. The highest BCUT2D eigenvalue weighted by molar-refractivity contribution is 14.1. The zero-order chi connectivity index (χ0) is 25.0. The second kappa shape index (κ2) is 9.34. The van der Waals surface area contributed by atoms with Crippen LogP contribution in [0.3, 0.4) is 0 Å². The zero-order valence-electron chi connectivity index (χ0n) is 19.1. The van der Waals surface area contributed by atoms with Crippen molar-refractivity contribution in [2.45, 2.75) is 60.6 Å². The van der Waals surface area contributed by atoms with E-state index < -0.39 is 32.5 Å². The van der Waals surface area contributed by atoms with Crippen LogP contribution in [0.5, 0.6) is 0 Å². The number of benzene rings is 2. The van der Waals surface area contributed by atoms with E-state index in [-0.39, 0.29) is 16.7 Å². The Balaban J connectivity index is 1.55. The maximum absolute atomic E-state index is 14.4. The minimum atomic E-state index is -3.85. The molecule has 0 aromatic heterocycles. The standard InChI is InChI=1S/C26H27ClINO5S/c27-19-6-9-21(10-7-19)35(33,34)26-13-14-29(24(30)16-1-3-17(4-2-16)25(31)32)23(26)12-5-18-15-20(28)8-11-22(18)26/h6-11,15-17,23H,1-5,12-14H2,(H,31,32). The molecule has 35 heavy (non-hydrogen) atoms. The second-order valence-corrected chi connectivity index (χ2v) is 13.8. The van der Waals surface area contributed by atoms with Crippen LogP contribution < -0.4 is 0 Å². The van der Waals surface area contributed by atoms with Gasteiger partial charge in [-0.3, -0.25) is 9.59 Å². The molecular weight excluding hydrogens is 601 g/mol. The number of carboxylic acid groups (broad SMARTS) is 1. The van der Waals surface area contributed by atoms with E-state index in [1.165, 1.54) is 0 Å². The predicted molar refractivity (Wildman–Crippen MR) is 141 cm³/mol. The Morgan fingerprint density at radius 1 is 1.00 bits per heavy atom. The first-order chi connectivity index (χ1) is 16.6. The molecule has 2 aromatic rings. The largest absolute Gasteiger partial charge is 0.481 e. The molecule has 6 nitrogen and oxygen atoms in total. The van der Waals surface area contributed by atoms with Gasteiger partial charge in [0.2, 0.25) is 5.91 Å². The molecule has 0 spiro atoms. The van der Waals surface area contributed by atoms with Crippen molar-refractivity contribution in [1.29, 1.82) is 0 Å². The Labute approximate surface area is 224 Å². The summed E-state index contributed by atoms with van der Waals surface area (Å²) in [7, 11) is -3.85. The Kier molecular flexibility index (Phi) is 6.68. The molecule has 0 bridgehead atoms. The minimum absolute atomic E-state index is 0.0269. The third-order valence-electron chi connectivity index (χ3n) is 8.16. The van der Waals surface area contributed by atoms with Crippen molar-refractivity contribution >= 4 is 55.9 Å². The molecule has 2 fully saturated rings. The summed E-state index contributed by atoms with van der Waals surface area (Å²) in [5.41, 5.74) is 1.83. The van der Waals surface area contributed by atoms with Crippen LogP contribution in [-0.4, -0.2) is 42.9 Å². The Bertz CT molecular complexity index is 1270. The molecule has 1 aliphatic heterocycles. The molecule has 1 amide bonds. The van der Waals surface area contributed by atoms with E-state index in [9.17, 15) is 23.1 Å². The summed E-state index contributed by atoms with van der Waals surface area (Å²) in [4.78, 5) is 27.1. The normalized spacial score (nSPS) is 28.3. The van der Waals surface area contributed by atoms with E-state index in [1.807, 2.05) is 12.1 Å². The van der Waals surface area contributed by atoms with Crippen molar-refractivity contribution in [3.63, 3.8) is 0 Å². The minimum Gasteiger partial charge on any atom is -0.481 e. The molecule has 1 N–H and O–H groups in total. The van der Waals surface area contributed by atoms with E-state index >= 15 is 0 Å². The fourth-order valence-corrected chi connectivity index (χ4v) is 9.45. The number of hydrogen-bond acceptors (Lipinski definition) is 4. The number of amides is 1. The average Bonchev–Trinajstić information content (AvgIpc) is 3.25. The highest BCUT2D eigenvalue weighted by Gasteiger charge is 2.61. The highest BCUT2D eigenvalue weighted by atomic mass is 127. The van der Waals surface area contributed by atoms with Gasteiger partial charge < -0.3 is 10.0 Å². The van der Waals surface area contributed by atoms with Gasteiger partial charge in [0.1, 0.15) is 4.75 Å². The topological polar surface area (TPSA) is 91.8 Å². The van der Waals surface area contributed by atoms with E-state index in [0.29, 0.717) is 56.5 Å². The number of aryl methyl sites for hydroxylation is 1. The van der Waals surface area contributed by atoms with Gasteiger partial charge in [0.05, 0.1) is 16.9 Å². The molecule has 2 aromatic carbocycles. The number of likely N-dealkylation sites (tertiary alicyclic amines) is 1. The van der Waals surface area contributed by atoms with Crippen LogP contribution in [0.1, 0.15) is 49.7 Å². The highest BCUT2D eigenvalue weighted by Crippen LogP contribution is 2.53. The summed E-state index contributed by atoms with van der Waals surface area (Å²) in [5, 5.41) is 9.79. The lowest BCUT2D eigenvalue weighted by molar-refractivity contribution is -0.146. The Hall–Kier alpha value is -1.65.